The standard InChI is InChI=1S/C21H28F3NO4/c1-21(2,27)13-3-6-15(7-4-13)25-19(26)12-9-16(10-12)28-18-11-14(22)5-8-17(18)29-20(23)24/h5,8,11-13,15-16,20,27H,3-4,6-7,9-10H2,1-2H3,(H,25,26)/t12-,13-,15-,16-. The van der Waals surface area contributed by atoms with Gasteiger partial charge in [0.15, 0.2) is 11.5 Å². The molecule has 1 aromatic rings. The molecule has 2 saturated carbocycles. The van der Waals surface area contributed by atoms with Gasteiger partial charge < -0.3 is 19.9 Å². The fraction of sp³-hybridized carbons (Fsp3) is 0.667. The molecule has 0 bridgehead atoms. The van der Waals surface area contributed by atoms with Crippen LogP contribution in [0.3, 0.4) is 0 Å². The van der Waals surface area contributed by atoms with Crippen molar-refractivity contribution in [3.05, 3.63) is 24.0 Å². The van der Waals surface area contributed by atoms with Gasteiger partial charge in [-0.05, 0) is 70.4 Å². The molecule has 2 fully saturated rings. The van der Waals surface area contributed by atoms with Crippen LogP contribution in [-0.4, -0.2) is 35.4 Å². The maximum Gasteiger partial charge on any atom is 0.387 e. The summed E-state index contributed by atoms with van der Waals surface area (Å²) in [6, 6.07) is 3.24. The molecule has 0 radical (unpaired) electrons. The highest BCUT2D eigenvalue weighted by Gasteiger charge is 2.38. The van der Waals surface area contributed by atoms with E-state index >= 15 is 0 Å². The third kappa shape index (κ3) is 5.78. The van der Waals surface area contributed by atoms with Gasteiger partial charge in [-0.15, -0.1) is 0 Å². The molecule has 0 saturated heterocycles. The van der Waals surface area contributed by atoms with Gasteiger partial charge in [0.05, 0.1) is 5.60 Å². The number of hydrogen-bond acceptors (Lipinski definition) is 4. The Hall–Kier alpha value is -1.96. The maximum atomic E-state index is 13.4. The molecule has 5 nitrogen and oxygen atoms in total. The number of ether oxygens (including phenoxy) is 2. The van der Waals surface area contributed by atoms with Crippen LogP contribution in [-0.2, 0) is 4.79 Å². The minimum absolute atomic E-state index is 0.0418. The molecule has 0 spiro atoms. The van der Waals surface area contributed by atoms with E-state index in [1.807, 2.05) is 13.8 Å². The van der Waals surface area contributed by atoms with Crippen LogP contribution >= 0.6 is 0 Å². The van der Waals surface area contributed by atoms with E-state index in [9.17, 15) is 23.1 Å². The summed E-state index contributed by atoms with van der Waals surface area (Å²) in [6.45, 7) is 0.609. The fourth-order valence-electron chi connectivity index (χ4n) is 4.09. The Morgan fingerprint density at radius 3 is 2.41 bits per heavy atom. The van der Waals surface area contributed by atoms with Gasteiger partial charge in [-0.2, -0.15) is 8.78 Å². The molecule has 3 rings (SSSR count). The third-order valence-corrected chi connectivity index (χ3v) is 5.95. The Kier molecular flexibility index (Phi) is 6.61. The summed E-state index contributed by atoms with van der Waals surface area (Å²) < 4.78 is 48.3. The van der Waals surface area contributed by atoms with Gasteiger partial charge in [-0.3, -0.25) is 4.79 Å². The van der Waals surface area contributed by atoms with E-state index in [0.717, 1.165) is 43.9 Å². The Morgan fingerprint density at radius 2 is 1.83 bits per heavy atom. The highest BCUT2D eigenvalue weighted by atomic mass is 19.3. The van der Waals surface area contributed by atoms with Crippen molar-refractivity contribution in [3.63, 3.8) is 0 Å². The minimum Gasteiger partial charge on any atom is -0.486 e. The molecule has 0 atom stereocenters. The zero-order chi connectivity index (χ0) is 21.2. The Balaban J connectivity index is 1.45. The average molecular weight is 415 g/mol. The van der Waals surface area contributed by atoms with Crippen molar-refractivity contribution in [1.29, 1.82) is 0 Å². The Labute approximate surface area is 168 Å². The van der Waals surface area contributed by atoms with Gasteiger partial charge in [-0.1, -0.05) is 0 Å². The molecular weight excluding hydrogens is 387 g/mol. The molecule has 2 N–H and O–H groups in total. The number of rotatable bonds is 7. The van der Waals surface area contributed by atoms with Crippen LogP contribution in [0.25, 0.3) is 0 Å². The van der Waals surface area contributed by atoms with Crippen LogP contribution < -0.4 is 14.8 Å². The van der Waals surface area contributed by atoms with Gasteiger partial charge in [0.1, 0.15) is 11.9 Å². The van der Waals surface area contributed by atoms with Crippen LogP contribution in [0.5, 0.6) is 11.5 Å². The second-order valence-electron chi connectivity index (χ2n) is 8.59. The summed E-state index contributed by atoms with van der Waals surface area (Å²) >= 11 is 0. The number of alkyl halides is 2. The Bertz CT molecular complexity index is 708. The number of hydrogen-bond donors (Lipinski definition) is 2. The van der Waals surface area contributed by atoms with E-state index in [2.05, 4.69) is 10.1 Å². The van der Waals surface area contributed by atoms with E-state index < -0.39 is 18.0 Å². The second-order valence-corrected chi connectivity index (χ2v) is 8.59. The van der Waals surface area contributed by atoms with Crippen molar-refractivity contribution in [2.75, 3.05) is 0 Å². The van der Waals surface area contributed by atoms with Gasteiger partial charge in [0.2, 0.25) is 5.91 Å². The van der Waals surface area contributed by atoms with Crippen molar-refractivity contribution < 1.29 is 32.5 Å². The summed E-state index contributed by atoms with van der Waals surface area (Å²) in [5.41, 5.74) is -0.697. The van der Waals surface area contributed by atoms with Crippen molar-refractivity contribution >= 4 is 5.91 Å². The van der Waals surface area contributed by atoms with Crippen LogP contribution in [0.4, 0.5) is 13.2 Å². The minimum atomic E-state index is -3.03. The van der Waals surface area contributed by atoms with Gasteiger partial charge >= 0.3 is 6.61 Å². The van der Waals surface area contributed by atoms with Gasteiger partial charge in [0.25, 0.3) is 0 Å². The van der Waals surface area contributed by atoms with Crippen molar-refractivity contribution in [1.82, 2.24) is 5.32 Å². The van der Waals surface area contributed by atoms with Crippen LogP contribution in [0.2, 0.25) is 0 Å². The summed E-state index contributed by atoms with van der Waals surface area (Å²) in [5, 5.41) is 13.2. The van der Waals surface area contributed by atoms with Crippen molar-refractivity contribution in [3.8, 4) is 11.5 Å². The fourth-order valence-corrected chi connectivity index (χ4v) is 4.09. The van der Waals surface area contributed by atoms with Crippen molar-refractivity contribution in [2.45, 2.75) is 76.7 Å². The topological polar surface area (TPSA) is 67.8 Å². The lowest BCUT2D eigenvalue weighted by atomic mass is 9.76. The Morgan fingerprint density at radius 1 is 1.17 bits per heavy atom. The molecule has 0 unspecified atom stereocenters. The van der Waals surface area contributed by atoms with E-state index in [1.165, 1.54) is 0 Å². The van der Waals surface area contributed by atoms with E-state index in [4.69, 9.17) is 4.74 Å². The number of benzene rings is 1. The quantitative estimate of drug-likeness (QED) is 0.706. The number of halogens is 3. The molecule has 162 valence electrons. The van der Waals surface area contributed by atoms with Gasteiger partial charge in [-0.25, -0.2) is 4.39 Å². The van der Waals surface area contributed by atoms with Crippen LogP contribution in [0.15, 0.2) is 18.2 Å². The first-order valence-electron chi connectivity index (χ1n) is 10.1. The predicted molar refractivity (Wildman–Crippen MR) is 100 cm³/mol. The first-order valence-corrected chi connectivity index (χ1v) is 10.1. The summed E-state index contributed by atoms with van der Waals surface area (Å²) in [5.74, 6) is -0.929. The molecule has 2 aliphatic carbocycles. The highest BCUT2D eigenvalue weighted by Crippen LogP contribution is 2.37. The van der Waals surface area contributed by atoms with E-state index in [0.29, 0.717) is 12.8 Å². The normalized spacial score (nSPS) is 27.3. The van der Waals surface area contributed by atoms with E-state index in [1.54, 1.807) is 0 Å². The largest absolute Gasteiger partial charge is 0.486 e. The molecule has 8 heteroatoms. The zero-order valence-electron chi connectivity index (χ0n) is 16.7. The lowest BCUT2D eigenvalue weighted by molar-refractivity contribution is -0.131. The highest BCUT2D eigenvalue weighted by molar-refractivity contribution is 5.80. The zero-order valence-corrected chi connectivity index (χ0v) is 16.7. The third-order valence-electron chi connectivity index (χ3n) is 5.95. The number of nitrogens with one attached hydrogen (secondary N) is 1. The molecular formula is C21H28F3NO4. The number of carbonyl (C=O) groups is 1. The van der Waals surface area contributed by atoms with Gasteiger partial charge in [0, 0.05) is 18.0 Å². The molecule has 1 amide bonds. The number of aliphatic hydroxyl groups is 1. The first-order chi connectivity index (χ1) is 13.6. The maximum absolute atomic E-state index is 13.4. The lowest BCUT2D eigenvalue weighted by Gasteiger charge is -2.38. The van der Waals surface area contributed by atoms with Crippen LogP contribution in [0, 0.1) is 17.7 Å². The van der Waals surface area contributed by atoms with Crippen molar-refractivity contribution in [2.24, 2.45) is 11.8 Å². The smallest absolute Gasteiger partial charge is 0.387 e. The summed E-state index contributed by atoms with van der Waals surface area (Å²) in [7, 11) is 0. The number of amides is 1. The lowest BCUT2D eigenvalue weighted by Crippen LogP contribution is -2.48. The van der Waals surface area contributed by atoms with Crippen LogP contribution in [0.1, 0.15) is 52.4 Å². The molecule has 0 heterocycles. The molecule has 0 aliphatic heterocycles. The summed E-state index contributed by atoms with van der Waals surface area (Å²) in [4.78, 5) is 12.4. The summed E-state index contributed by atoms with van der Waals surface area (Å²) in [6.07, 6.45) is 3.95. The average Bonchev–Trinajstić information content (AvgIpc) is 2.59. The molecule has 0 aromatic heterocycles. The monoisotopic (exact) mass is 415 g/mol. The second kappa shape index (κ2) is 8.81. The SMILES string of the molecule is CC(C)(O)[C@H]1CC[C@H](NC(=O)[C@H]2C[C@H](Oc3cc(F)ccc3OC(F)F)C2)CC1. The molecule has 1 aromatic carbocycles. The first kappa shape index (κ1) is 21.7. The number of carbonyl (C=O) groups excluding carboxylic acids is 1. The molecule has 29 heavy (non-hydrogen) atoms. The van der Waals surface area contributed by atoms with E-state index in [-0.39, 0.29) is 41.4 Å². The molecule has 2 aliphatic rings. The predicted octanol–water partition coefficient (Wildman–Crippen LogP) is 4.03.